The lowest BCUT2D eigenvalue weighted by molar-refractivity contribution is -0.605. The normalized spacial score (nSPS) is 18.6. The average Bonchev–Trinajstić information content (AvgIpc) is 3.59. The molecule has 2 aromatic carbocycles. The highest BCUT2D eigenvalue weighted by atomic mass is 35.5. The van der Waals surface area contributed by atoms with Crippen molar-refractivity contribution in [3.63, 3.8) is 0 Å². The van der Waals surface area contributed by atoms with E-state index in [2.05, 4.69) is 9.64 Å². The first-order valence-electron chi connectivity index (χ1n) is 16.5. The number of pyridine rings is 1. The van der Waals surface area contributed by atoms with Crippen LogP contribution in [-0.4, -0.2) is 55.9 Å². The number of carbonyl (C=O) groups is 2. The monoisotopic (exact) mass is 779 g/mol. The van der Waals surface area contributed by atoms with Gasteiger partial charge in [0.1, 0.15) is 32.9 Å². The van der Waals surface area contributed by atoms with Gasteiger partial charge < -0.3 is 24.2 Å². The molecule has 3 aliphatic rings. The number of benzene rings is 2. The van der Waals surface area contributed by atoms with Gasteiger partial charge in [-0.05, 0) is 80.7 Å². The van der Waals surface area contributed by atoms with Crippen LogP contribution in [0.15, 0.2) is 67.0 Å². The Morgan fingerprint density at radius 3 is 2.44 bits per heavy atom. The van der Waals surface area contributed by atoms with Crippen LogP contribution in [-0.2, 0) is 22.4 Å². The van der Waals surface area contributed by atoms with Crippen LogP contribution in [0.25, 0.3) is 0 Å². The summed E-state index contributed by atoms with van der Waals surface area (Å²) in [7, 11) is 0. The second-order valence-electron chi connectivity index (χ2n) is 12.3. The summed E-state index contributed by atoms with van der Waals surface area (Å²) in [5, 5.41) is 11.9. The van der Waals surface area contributed by atoms with Gasteiger partial charge in [0.15, 0.2) is 23.9 Å². The maximum Gasteiger partial charge on any atom is 0.415 e. The van der Waals surface area contributed by atoms with E-state index in [0.717, 1.165) is 49.7 Å². The van der Waals surface area contributed by atoms with E-state index >= 15 is 4.39 Å². The molecule has 0 spiro atoms. The number of piperidine rings is 3. The number of esters is 1. The molecule has 3 saturated heterocycles. The Morgan fingerprint density at radius 2 is 1.79 bits per heavy atom. The summed E-state index contributed by atoms with van der Waals surface area (Å²) >= 11 is 13.8. The minimum absolute atomic E-state index is 0.0132. The first-order chi connectivity index (χ1) is 25.0. The molecule has 276 valence electrons. The number of fused-ring (bicyclic) bond motifs is 3. The van der Waals surface area contributed by atoms with Crippen molar-refractivity contribution in [3.05, 3.63) is 109 Å². The number of ether oxygens (including phenoxy) is 4. The minimum Gasteiger partial charge on any atom is -0.619 e. The van der Waals surface area contributed by atoms with Crippen LogP contribution in [0.2, 0.25) is 10.0 Å². The molecule has 0 saturated carbocycles. The SMILES string of the molecule is CCOc1cc([C@H](Cc2c(Cl)c[n+]([O-])cc2Cl)OC(=O)c2ccc(CN(C(=O)O[C@H]3CN4CCC3CC4)c3ccccc3F)s2)ccc1OC(F)F. The number of hydrogen-bond donors (Lipinski definition) is 0. The van der Waals surface area contributed by atoms with Crippen molar-refractivity contribution < 1.29 is 46.4 Å². The molecule has 3 fully saturated rings. The highest BCUT2D eigenvalue weighted by Gasteiger charge is 2.38. The van der Waals surface area contributed by atoms with Crippen molar-refractivity contribution in [2.45, 2.75) is 51.6 Å². The average molecular weight is 781 g/mol. The van der Waals surface area contributed by atoms with Gasteiger partial charge in [-0.2, -0.15) is 13.5 Å². The maximum atomic E-state index is 15.1. The number of rotatable bonds is 13. The standard InChI is InChI=1S/C36H34Cl2F3N3O7S/c1-2-48-31-15-22(7-9-29(31)50-35(40)41)30(16-24-25(37)18-43(47)19-26(24)38)49-34(45)33-10-8-23(52-33)17-44(28-6-4-3-5-27(28)39)36(46)51-32-20-42-13-11-21(32)12-14-42/h3-10,15,18-19,21,30,32,35H,2,11-14,16-17,20H2,1H3/t30-,32-/m0/s1. The van der Waals surface area contributed by atoms with Gasteiger partial charge in [0.2, 0.25) is 0 Å². The largest absolute Gasteiger partial charge is 0.619 e. The third-order valence-electron chi connectivity index (χ3n) is 8.94. The number of amides is 1. The van der Waals surface area contributed by atoms with E-state index in [9.17, 15) is 23.6 Å². The topological polar surface area (TPSA) is 104 Å². The molecule has 0 N–H and O–H groups in total. The number of carbonyl (C=O) groups excluding carboxylic acids is 2. The first kappa shape index (κ1) is 37.5. The molecule has 10 nitrogen and oxygen atoms in total. The lowest BCUT2D eigenvalue weighted by Crippen LogP contribution is -2.53. The van der Waals surface area contributed by atoms with Gasteiger partial charge in [-0.25, -0.2) is 14.0 Å². The zero-order valence-electron chi connectivity index (χ0n) is 27.8. The summed E-state index contributed by atoms with van der Waals surface area (Å²) in [6.07, 6.45) is 1.86. The van der Waals surface area contributed by atoms with E-state index in [-0.39, 0.29) is 63.7 Å². The first-order valence-corrected chi connectivity index (χ1v) is 18.1. The van der Waals surface area contributed by atoms with Crippen molar-refractivity contribution in [1.29, 1.82) is 0 Å². The number of thiophene rings is 1. The summed E-state index contributed by atoms with van der Waals surface area (Å²) in [5.41, 5.74) is 0.669. The summed E-state index contributed by atoms with van der Waals surface area (Å²) in [6.45, 7) is 1.14. The fourth-order valence-electron chi connectivity index (χ4n) is 6.40. The van der Waals surface area contributed by atoms with Crippen LogP contribution >= 0.6 is 34.5 Å². The van der Waals surface area contributed by atoms with E-state index in [1.165, 1.54) is 47.4 Å². The van der Waals surface area contributed by atoms with Crippen molar-refractivity contribution in [1.82, 2.24) is 4.90 Å². The predicted molar refractivity (Wildman–Crippen MR) is 188 cm³/mol. The second kappa shape index (κ2) is 16.6. The number of alkyl halides is 2. The highest BCUT2D eigenvalue weighted by Crippen LogP contribution is 2.37. The lowest BCUT2D eigenvalue weighted by Gasteiger charge is -2.44. The Hall–Kier alpha value is -4.24. The zero-order chi connectivity index (χ0) is 36.9. The zero-order valence-corrected chi connectivity index (χ0v) is 30.1. The van der Waals surface area contributed by atoms with Gasteiger partial charge in [0, 0.05) is 23.4 Å². The van der Waals surface area contributed by atoms with Crippen LogP contribution in [0.4, 0.5) is 23.7 Å². The minimum atomic E-state index is -3.11. The molecule has 5 heterocycles. The van der Waals surface area contributed by atoms with E-state index in [1.54, 1.807) is 19.1 Å². The lowest BCUT2D eigenvalue weighted by atomic mass is 9.86. The molecule has 2 atom stereocenters. The van der Waals surface area contributed by atoms with Gasteiger partial charge in [-0.3, -0.25) is 9.80 Å². The molecular weight excluding hydrogens is 746 g/mol. The summed E-state index contributed by atoms with van der Waals surface area (Å²) in [6, 6.07) is 13.1. The van der Waals surface area contributed by atoms with Crippen molar-refractivity contribution >= 4 is 52.3 Å². The number of nitrogens with zero attached hydrogens (tertiary/aromatic N) is 3. The van der Waals surface area contributed by atoms with Crippen LogP contribution < -0.4 is 19.1 Å². The fourth-order valence-corrected chi connectivity index (χ4v) is 7.88. The van der Waals surface area contributed by atoms with Gasteiger partial charge in [0.25, 0.3) is 0 Å². The summed E-state index contributed by atoms with van der Waals surface area (Å²) in [4.78, 5) is 31.5. The molecule has 0 aliphatic carbocycles. The molecule has 3 aliphatic heterocycles. The summed E-state index contributed by atoms with van der Waals surface area (Å²) in [5.74, 6) is -1.36. The molecule has 2 aromatic heterocycles. The van der Waals surface area contributed by atoms with Crippen LogP contribution in [0, 0.1) is 16.9 Å². The molecule has 52 heavy (non-hydrogen) atoms. The van der Waals surface area contributed by atoms with Crippen molar-refractivity contribution in [3.8, 4) is 11.5 Å². The Kier molecular flexibility index (Phi) is 12.0. The Bertz CT molecular complexity index is 1890. The van der Waals surface area contributed by atoms with E-state index < -0.39 is 30.6 Å². The van der Waals surface area contributed by atoms with Crippen molar-refractivity contribution in [2.75, 3.05) is 31.1 Å². The number of aromatic nitrogens is 1. The summed E-state index contributed by atoms with van der Waals surface area (Å²) < 4.78 is 63.7. The Labute approximate surface area is 311 Å². The van der Waals surface area contributed by atoms with Crippen LogP contribution in [0.3, 0.4) is 0 Å². The van der Waals surface area contributed by atoms with Crippen molar-refractivity contribution in [2.24, 2.45) is 5.92 Å². The fraction of sp³-hybridized carbons (Fsp3) is 0.361. The molecular formula is C36H34Cl2F3N3O7S. The number of para-hydroxylation sites is 1. The van der Waals surface area contributed by atoms with Gasteiger partial charge >= 0.3 is 18.7 Å². The number of anilines is 1. The highest BCUT2D eigenvalue weighted by molar-refractivity contribution is 7.14. The molecule has 16 heteroatoms. The molecule has 7 rings (SSSR count). The molecule has 4 aromatic rings. The number of halogens is 5. The van der Waals surface area contributed by atoms with Gasteiger partial charge in [-0.1, -0.05) is 41.4 Å². The number of hydrogen-bond acceptors (Lipinski definition) is 9. The van der Waals surface area contributed by atoms with Crippen LogP contribution in [0.5, 0.6) is 11.5 Å². The molecule has 0 radical (unpaired) electrons. The third-order valence-corrected chi connectivity index (χ3v) is 10.6. The van der Waals surface area contributed by atoms with E-state index in [0.29, 0.717) is 27.3 Å². The van der Waals surface area contributed by atoms with Crippen LogP contribution in [0.1, 0.15) is 51.5 Å². The Balaban J connectivity index is 1.25. The maximum absolute atomic E-state index is 15.1. The molecule has 2 bridgehead atoms. The third kappa shape index (κ3) is 8.85. The smallest absolute Gasteiger partial charge is 0.415 e. The quantitative estimate of drug-likeness (QED) is 0.0760. The second-order valence-corrected chi connectivity index (χ2v) is 14.3. The van der Waals surface area contributed by atoms with Gasteiger partial charge in [0.05, 0.1) is 18.8 Å². The predicted octanol–water partition coefficient (Wildman–Crippen LogP) is 8.21. The van der Waals surface area contributed by atoms with Gasteiger partial charge in [-0.15, -0.1) is 11.3 Å². The van der Waals surface area contributed by atoms with E-state index in [4.69, 9.17) is 37.4 Å². The molecule has 0 unspecified atom stereocenters. The molecule has 1 amide bonds. The van der Waals surface area contributed by atoms with E-state index in [1.807, 2.05) is 0 Å². The Morgan fingerprint density at radius 1 is 1.06 bits per heavy atom.